The third-order valence-corrected chi connectivity index (χ3v) is 5.23. The summed E-state index contributed by atoms with van der Waals surface area (Å²) < 4.78 is 6.23. The van der Waals surface area contributed by atoms with Crippen molar-refractivity contribution < 1.29 is 4.74 Å². The van der Waals surface area contributed by atoms with Crippen LogP contribution in [0, 0.1) is 11.8 Å². The highest BCUT2D eigenvalue weighted by atomic mass is 16.5. The Morgan fingerprint density at radius 1 is 1.30 bits per heavy atom. The lowest BCUT2D eigenvalue weighted by atomic mass is 9.72. The Labute approximate surface area is 126 Å². The largest absolute Gasteiger partial charge is 0.374 e. The van der Waals surface area contributed by atoms with Gasteiger partial charge in [-0.25, -0.2) is 0 Å². The van der Waals surface area contributed by atoms with Gasteiger partial charge in [0, 0.05) is 12.6 Å². The van der Waals surface area contributed by atoms with Crippen LogP contribution in [0.5, 0.6) is 0 Å². The Morgan fingerprint density at radius 3 is 2.60 bits per heavy atom. The number of hydrogen-bond donors (Lipinski definition) is 1. The lowest BCUT2D eigenvalue weighted by molar-refractivity contribution is -0.0966. The minimum atomic E-state index is -0.0357. The zero-order valence-electron chi connectivity index (χ0n) is 14.3. The average molecular weight is 283 g/mol. The molecule has 0 amide bonds. The van der Waals surface area contributed by atoms with E-state index in [-0.39, 0.29) is 11.6 Å². The van der Waals surface area contributed by atoms with Gasteiger partial charge in [0.25, 0.3) is 0 Å². The maximum Gasteiger partial charge on any atom is 0.0835 e. The Balaban J connectivity index is 2.64. The maximum atomic E-state index is 6.65. The normalized spacial score (nSPS) is 30.1. The van der Waals surface area contributed by atoms with Gasteiger partial charge in [-0.05, 0) is 38.0 Å². The molecule has 120 valence electrons. The SMILES string of the molecule is CCCCC(CC)CC(N)C1(OCC)CCCC(C)C1. The molecule has 0 aromatic heterocycles. The van der Waals surface area contributed by atoms with Gasteiger partial charge in [-0.15, -0.1) is 0 Å². The van der Waals surface area contributed by atoms with Crippen molar-refractivity contribution in [2.75, 3.05) is 6.61 Å². The van der Waals surface area contributed by atoms with Crippen LogP contribution in [-0.2, 0) is 4.74 Å². The fourth-order valence-electron chi connectivity index (χ4n) is 3.96. The summed E-state index contributed by atoms with van der Waals surface area (Å²) in [7, 11) is 0. The summed E-state index contributed by atoms with van der Waals surface area (Å²) in [5.41, 5.74) is 6.62. The molecule has 0 aromatic carbocycles. The molecular formula is C18H37NO. The molecule has 2 nitrogen and oxygen atoms in total. The van der Waals surface area contributed by atoms with Crippen molar-refractivity contribution in [3.05, 3.63) is 0 Å². The molecular weight excluding hydrogens is 246 g/mol. The van der Waals surface area contributed by atoms with E-state index < -0.39 is 0 Å². The van der Waals surface area contributed by atoms with Crippen molar-refractivity contribution in [2.24, 2.45) is 17.6 Å². The average Bonchev–Trinajstić information content (AvgIpc) is 2.43. The van der Waals surface area contributed by atoms with Crippen molar-refractivity contribution in [3.63, 3.8) is 0 Å². The summed E-state index contributed by atoms with van der Waals surface area (Å²) in [5, 5.41) is 0. The van der Waals surface area contributed by atoms with Gasteiger partial charge in [-0.1, -0.05) is 59.3 Å². The van der Waals surface area contributed by atoms with Crippen LogP contribution in [0.3, 0.4) is 0 Å². The van der Waals surface area contributed by atoms with E-state index >= 15 is 0 Å². The van der Waals surface area contributed by atoms with Crippen molar-refractivity contribution in [2.45, 2.75) is 97.1 Å². The molecule has 0 aliphatic heterocycles. The fourth-order valence-corrected chi connectivity index (χ4v) is 3.96. The minimum absolute atomic E-state index is 0.0357. The monoisotopic (exact) mass is 283 g/mol. The van der Waals surface area contributed by atoms with E-state index in [1.165, 1.54) is 38.5 Å². The third-order valence-electron chi connectivity index (χ3n) is 5.23. The maximum absolute atomic E-state index is 6.65. The Kier molecular flexibility index (Phi) is 8.13. The quantitative estimate of drug-likeness (QED) is 0.653. The van der Waals surface area contributed by atoms with E-state index in [0.717, 1.165) is 37.7 Å². The van der Waals surface area contributed by atoms with Crippen LogP contribution in [0.4, 0.5) is 0 Å². The van der Waals surface area contributed by atoms with Gasteiger partial charge in [-0.2, -0.15) is 0 Å². The van der Waals surface area contributed by atoms with Gasteiger partial charge in [0.05, 0.1) is 5.60 Å². The second-order valence-corrected chi connectivity index (χ2v) is 6.96. The zero-order chi connectivity index (χ0) is 15.0. The molecule has 0 heterocycles. The molecule has 20 heavy (non-hydrogen) atoms. The molecule has 0 spiro atoms. The summed E-state index contributed by atoms with van der Waals surface area (Å²) in [6.45, 7) is 9.85. The molecule has 0 saturated heterocycles. The highest BCUT2D eigenvalue weighted by Crippen LogP contribution is 2.39. The highest BCUT2D eigenvalue weighted by Gasteiger charge is 2.41. The number of ether oxygens (including phenoxy) is 1. The number of rotatable bonds is 9. The summed E-state index contributed by atoms with van der Waals surface area (Å²) in [4.78, 5) is 0. The Morgan fingerprint density at radius 2 is 2.05 bits per heavy atom. The molecule has 4 atom stereocenters. The molecule has 1 aliphatic rings. The first-order valence-corrected chi connectivity index (χ1v) is 8.97. The van der Waals surface area contributed by atoms with E-state index in [1.807, 2.05) is 0 Å². The molecule has 1 aliphatic carbocycles. The zero-order valence-corrected chi connectivity index (χ0v) is 14.3. The van der Waals surface area contributed by atoms with Crippen LogP contribution in [0.1, 0.15) is 85.5 Å². The predicted octanol–water partition coefficient (Wildman–Crippen LogP) is 4.91. The second-order valence-electron chi connectivity index (χ2n) is 6.96. The Hall–Kier alpha value is -0.0800. The van der Waals surface area contributed by atoms with Crippen LogP contribution in [0.15, 0.2) is 0 Å². The fraction of sp³-hybridized carbons (Fsp3) is 1.00. The first-order valence-electron chi connectivity index (χ1n) is 8.97. The summed E-state index contributed by atoms with van der Waals surface area (Å²) in [5.74, 6) is 1.54. The third kappa shape index (κ3) is 5.04. The summed E-state index contributed by atoms with van der Waals surface area (Å²) >= 11 is 0. The summed E-state index contributed by atoms with van der Waals surface area (Å²) in [6, 6.07) is 0.215. The van der Waals surface area contributed by atoms with E-state index in [4.69, 9.17) is 10.5 Å². The van der Waals surface area contributed by atoms with Crippen LogP contribution in [0.25, 0.3) is 0 Å². The van der Waals surface area contributed by atoms with Gasteiger partial charge in [-0.3, -0.25) is 0 Å². The van der Waals surface area contributed by atoms with Gasteiger partial charge >= 0.3 is 0 Å². The number of nitrogens with two attached hydrogens (primary N) is 1. The predicted molar refractivity (Wildman–Crippen MR) is 87.9 cm³/mol. The molecule has 2 N–H and O–H groups in total. The molecule has 1 rings (SSSR count). The molecule has 0 bridgehead atoms. The van der Waals surface area contributed by atoms with E-state index in [1.54, 1.807) is 0 Å². The van der Waals surface area contributed by atoms with Crippen molar-refractivity contribution >= 4 is 0 Å². The molecule has 2 heteroatoms. The smallest absolute Gasteiger partial charge is 0.0835 e. The standard InChI is InChI=1S/C18H37NO/c1-5-8-11-16(6-2)13-17(19)18(20-7-3)12-9-10-15(4)14-18/h15-17H,5-14,19H2,1-4H3. The number of hydrogen-bond acceptors (Lipinski definition) is 2. The van der Waals surface area contributed by atoms with E-state index in [2.05, 4.69) is 27.7 Å². The van der Waals surface area contributed by atoms with E-state index in [9.17, 15) is 0 Å². The lowest BCUT2D eigenvalue weighted by Gasteiger charge is -2.45. The van der Waals surface area contributed by atoms with Crippen LogP contribution < -0.4 is 5.73 Å². The van der Waals surface area contributed by atoms with Gasteiger partial charge in [0.2, 0.25) is 0 Å². The van der Waals surface area contributed by atoms with Crippen molar-refractivity contribution in [1.82, 2.24) is 0 Å². The minimum Gasteiger partial charge on any atom is -0.374 e. The topological polar surface area (TPSA) is 35.2 Å². The second kappa shape index (κ2) is 9.04. The van der Waals surface area contributed by atoms with Crippen LogP contribution >= 0.6 is 0 Å². The number of unbranched alkanes of at least 4 members (excludes halogenated alkanes) is 1. The summed E-state index contributed by atoms with van der Waals surface area (Å²) in [6.07, 6.45) is 11.3. The molecule has 1 saturated carbocycles. The van der Waals surface area contributed by atoms with Crippen LogP contribution in [0.2, 0.25) is 0 Å². The van der Waals surface area contributed by atoms with Crippen molar-refractivity contribution in [1.29, 1.82) is 0 Å². The van der Waals surface area contributed by atoms with Gasteiger partial charge in [0.15, 0.2) is 0 Å². The molecule has 1 fully saturated rings. The first-order chi connectivity index (χ1) is 9.57. The highest BCUT2D eigenvalue weighted by molar-refractivity contribution is 4.96. The lowest BCUT2D eigenvalue weighted by Crippen LogP contribution is -2.53. The molecule has 0 aromatic rings. The van der Waals surface area contributed by atoms with Crippen LogP contribution in [-0.4, -0.2) is 18.2 Å². The van der Waals surface area contributed by atoms with Crippen molar-refractivity contribution in [3.8, 4) is 0 Å². The van der Waals surface area contributed by atoms with E-state index in [0.29, 0.717) is 0 Å². The Bertz CT molecular complexity index is 252. The first kappa shape index (κ1) is 18.0. The van der Waals surface area contributed by atoms with Gasteiger partial charge < -0.3 is 10.5 Å². The molecule has 0 radical (unpaired) electrons. The molecule has 4 unspecified atom stereocenters. The van der Waals surface area contributed by atoms with Gasteiger partial charge in [0.1, 0.15) is 0 Å².